The zero-order valence-corrected chi connectivity index (χ0v) is 16.2. The van der Waals surface area contributed by atoms with Crippen LogP contribution in [0.4, 0.5) is 11.8 Å². The second kappa shape index (κ2) is 7.59. The fraction of sp³-hybridized carbons (Fsp3) is 0.737. The Morgan fingerprint density at radius 2 is 2.00 bits per heavy atom. The molecule has 2 aliphatic heterocycles. The topological polar surface area (TPSA) is 82.0 Å². The highest BCUT2D eigenvalue weighted by Crippen LogP contribution is 2.32. The van der Waals surface area contributed by atoms with Crippen LogP contribution in [-0.4, -0.2) is 85.5 Å². The molecule has 3 aliphatic rings. The molecule has 0 aromatic carbocycles. The quantitative estimate of drug-likeness (QED) is 0.821. The first kappa shape index (κ1) is 18.4. The Morgan fingerprint density at radius 3 is 2.78 bits per heavy atom. The van der Waals surface area contributed by atoms with Crippen molar-refractivity contribution in [2.24, 2.45) is 5.92 Å². The molecule has 8 nitrogen and oxygen atoms in total. The minimum absolute atomic E-state index is 0.0726. The van der Waals surface area contributed by atoms with Crippen LogP contribution in [0.15, 0.2) is 0 Å². The summed E-state index contributed by atoms with van der Waals surface area (Å²) in [6.07, 6.45) is 4.40. The van der Waals surface area contributed by atoms with Crippen molar-refractivity contribution in [1.29, 1.82) is 0 Å². The summed E-state index contributed by atoms with van der Waals surface area (Å²) in [4.78, 5) is 27.4. The van der Waals surface area contributed by atoms with Crippen LogP contribution in [0.25, 0.3) is 0 Å². The fourth-order valence-corrected chi connectivity index (χ4v) is 4.49. The first-order chi connectivity index (χ1) is 13.0. The van der Waals surface area contributed by atoms with E-state index >= 15 is 0 Å². The Bertz CT molecular complexity index is 711. The predicted molar refractivity (Wildman–Crippen MR) is 103 cm³/mol. The molecule has 2 fully saturated rings. The maximum absolute atomic E-state index is 11.3. The van der Waals surface area contributed by atoms with Crippen LogP contribution >= 0.6 is 0 Å². The van der Waals surface area contributed by atoms with E-state index in [2.05, 4.69) is 9.80 Å². The number of carbonyl (C=O) groups is 1. The SMILES string of the molecule is CN(C)c1nc2c(c(N3C[C@@H]4COC[C@H](C3)N(CC(=O)O)C4)n1)CCCC2. The Morgan fingerprint density at radius 1 is 1.19 bits per heavy atom. The lowest BCUT2D eigenvalue weighted by molar-refractivity contribution is -0.138. The summed E-state index contributed by atoms with van der Waals surface area (Å²) in [6, 6.07) is 0.0746. The molecule has 2 bridgehead atoms. The summed E-state index contributed by atoms with van der Waals surface area (Å²) in [7, 11) is 3.96. The van der Waals surface area contributed by atoms with Gasteiger partial charge >= 0.3 is 5.97 Å². The molecule has 0 unspecified atom stereocenters. The van der Waals surface area contributed by atoms with Crippen molar-refractivity contribution in [3.8, 4) is 0 Å². The summed E-state index contributed by atoms with van der Waals surface area (Å²) in [5.41, 5.74) is 2.47. The van der Waals surface area contributed by atoms with Crippen LogP contribution in [0.3, 0.4) is 0 Å². The lowest BCUT2D eigenvalue weighted by Crippen LogP contribution is -2.46. The third-order valence-corrected chi connectivity index (χ3v) is 5.77. The molecule has 27 heavy (non-hydrogen) atoms. The van der Waals surface area contributed by atoms with Gasteiger partial charge in [0.15, 0.2) is 0 Å². The van der Waals surface area contributed by atoms with Crippen LogP contribution < -0.4 is 9.80 Å². The van der Waals surface area contributed by atoms with Gasteiger partial charge < -0.3 is 19.6 Å². The molecule has 4 rings (SSSR count). The smallest absolute Gasteiger partial charge is 0.317 e. The van der Waals surface area contributed by atoms with Gasteiger partial charge in [0.05, 0.1) is 31.5 Å². The molecule has 0 saturated carbocycles. The van der Waals surface area contributed by atoms with E-state index < -0.39 is 5.97 Å². The molecule has 8 heteroatoms. The number of carboxylic acid groups (broad SMARTS) is 1. The van der Waals surface area contributed by atoms with Crippen LogP contribution in [0.5, 0.6) is 0 Å². The number of ether oxygens (including phenoxy) is 1. The summed E-state index contributed by atoms with van der Waals surface area (Å²) in [5, 5.41) is 9.29. The lowest BCUT2D eigenvalue weighted by atomic mass is 9.95. The Balaban J connectivity index is 1.69. The molecule has 3 heterocycles. The van der Waals surface area contributed by atoms with E-state index in [9.17, 15) is 9.90 Å². The molecule has 2 atom stereocenters. The summed E-state index contributed by atoms with van der Waals surface area (Å²) >= 11 is 0. The van der Waals surface area contributed by atoms with E-state index in [1.54, 1.807) is 0 Å². The number of anilines is 2. The number of hydrogen-bond acceptors (Lipinski definition) is 7. The maximum Gasteiger partial charge on any atom is 0.317 e. The number of fused-ring (bicyclic) bond motifs is 4. The van der Waals surface area contributed by atoms with Crippen molar-refractivity contribution < 1.29 is 14.6 Å². The highest BCUT2D eigenvalue weighted by molar-refractivity contribution is 5.69. The Labute approximate surface area is 160 Å². The zero-order chi connectivity index (χ0) is 19.0. The second-order valence-electron chi connectivity index (χ2n) is 8.16. The number of carboxylic acids is 1. The summed E-state index contributed by atoms with van der Waals surface area (Å²) < 4.78 is 5.83. The maximum atomic E-state index is 11.3. The second-order valence-corrected chi connectivity index (χ2v) is 8.16. The minimum atomic E-state index is -0.775. The van der Waals surface area contributed by atoms with Crippen LogP contribution in [0.2, 0.25) is 0 Å². The van der Waals surface area contributed by atoms with Crippen LogP contribution in [0.1, 0.15) is 24.1 Å². The number of nitrogens with zero attached hydrogens (tertiary/aromatic N) is 5. The number of aryl methyl sites for hydroxylation is 1. The van der Waals surface area contributed by atoms with Gasteiger partial charge in [-0.25, -0.2) is 4.98 Å². The van der Waals surface area contributed by atoms with Crippen LogP contribution in [-0.2, 0) is 22.4 Å². The molecule has 1 N–H and O–H groups in total. The third kappa shape index (κ3) is 3.87. The standard InChI is InChI=1S/C19H29N5O3/c1-22(2)19-20-16-6-4-3-5-15(16)18(21-19)24-8-13-7-23(10-17(25)26)14(9-24)12-27-11-13/h13-14H,3-12H2,1-2H3,(H,25,26)/t13-,14+/m1/s1. The molecule has 1 aromatic heterocycles. The van der Waals surface area contributed by atoms with E-state index in [4.69, 9.17) is 14.7 Å². The van der Waals surface area contributed by atoms with E-state index in [0.717, 1.165) is 44.2 Å². The van der Waals surface area contributed by atoms with Gasteiger partial charge in [0.1, 0.15) is 5.82 Å². The van der Waals surface area contributed by atoms with Crippen molar-refractivity contribution in [3.63, 3.8) is 0 Å². The van der Waals surface area contributed by atoms with Gasteiger partial charge in [0.2, 0.25) is 5.95 Å². The van der Waals surface area contributed by atoms with Gasteiger partial charge in [-0.3, -0.25) is 9.69 Å². The van der Waals surface area contributed by atoms with Gasteiger partial charge in [-0.15, -0.1) is 0 Å². The van der Waals surface area contributed by atoms with Gasteiger partial charge in [0, 0.05) is 45.2 Å². The molecule has 0 spiro atoms. The molecular formula is C19H29N5O3. The van der Waals surface area contributed by atoms with E-state index in [1.807, 2.05) is 19.0 Å². The van der Waals surface area contributed by atoms with Crippen molar-refractivity contribution in [2.75, 3.05) is 63.3 Å². The first-order valence-electron chi connectivity index (χ1n) is 9.87. The molecule has 148 valence electrons. The molecule has 0 amide bonds. The monoisotopic (exact) mass is 375 g/mol. The fourth-order valence-electron chi connectivity index (χ4n) is 4.49. The molecule has 0 radical (unpaired) electrons. The van der Waals surface area contributed by atoms with Crippen molar-refractivity contribution in [3.05, 3.63) is 11.3 Å². The Hall–Kier alpha value is -1.93. The van der Waals surface area contributed by atoms with Gasteiger partial charge in [-0.05, 0) is 25.7 Å². The van der Waals surface area contributed by atoms with Gasteiger partial charge in [-0.2, -0.15) is 4.98 Å². The lowest BCUT2D eigenvalue weighted by Gasteiger charge is -2.34. The third-order valence-electron chi connectivity index (χ3n) is 5.77. The van der Waals surface area contributed by atoms with E-state index in [-0.39, 0.29) is 18.5 Å². The zero-order valence-electron chi connectivity index (χ0n) is 16.2. The number of aromatic nitrogens is 2. The van der Waals surface area contributed by atoms with Crippen molar-refractivity contribution in [2.45, 2.75) is 31.7 Å². The van der Waals surface area contributed by atoms with Gasteiger partial charge in [0.25, 0.3) is 0 Å². The largest absolute Gasteiger partial charge is 0.480 e. The average Bonchev–Trinajstić information content (AvgIpc) is 2.90. The predicted octanol–water partition coefficient (Wildman–Crippen LogP) is 0.643. The van der Waals surface area contributed by atoms with Gasteiger partial charge in [-0.1, -0.05) is 0 Å². The van der Waals surface area contributed by atoms with Crippen molar-refractivity contribution >= 4 is 17.7 Å². The minimum Gasteiger partial charge on any atom is -0.480 e. The van der Waals surface area contributed by atoms with E-state index in [1.165, 1.54) is 24.1 Å². The molecule has 1 aliphatic carbocycles. The van der Waals surface area contributed by atoms with E-state index in [0.29, 0.717) is 13.2 Å². The normalized spacial score (nSPS) is 25.6. The highest BCUT2D eigenvalue weighted by atomic mass is 16.5. The number of rotatable bonds is 4. The summed E-state index contributed by atoms with van der Waals surface area (Å²) in [5.74, 6) is 1.33. The highest BCUT2D eigenvalue weighted by Gasteiger charge is 2.36. The van der Waals surface area contributed by atoms with Crippen molar-refractivity contribution in [1.82, 2.24) is 14.9 Å². The Kier molecular flexibility index (Phi) is 5.19. The summed E-state index contributed by atoms with van der Waals surface area (Å²) in [6.45, 7) is 3.69. The number of hydrogen-bond donors (Lipinski definition) is 1. The molecule has 1 aromatic rings. The average molecular weight is 375 g/mol. The molecule has 2 saturated heterocycles. The number of aliphatic carboxylic acids is 1. The van der Waals surface area contributed by atoms with Crippen LogP contribution in [0, 0.1) is 5.92 Å². The molecular weight excluding hydrogens is 346 g/mol. The first-order valence-corrected chi connectivity index (χ1v) is 9.87.